The molecule has 6 nitrogen and oxygen atoms in total. The molecule has 160 valence electrons. The zero-order valence-corrected chi connectivity index (χ0v) is 18.6. The number of amides is 2. The Bertz CT molecular complexity index is 889. The van der Waals surface area contributed by atoms with Gasteiger partial charge in [0.15, 0.2) is 0 Å². The van der Waals surface area contributed by atoms with Crippen molar-refractivity contribution < 1.29 is 9.59 Å². The third-order valence-electron chi connectivity index (χ3n) is 5.89. The van der Waals surface area contributed by atoms with E-state index in [1.54, 1.807) is 11.3 Å². The smallest absolute Gasteiger partial charge is 0.253 e. The Hall–Kier alpha value is -2.41. The maximum Gasteiger partial charge on any atom is 0.253 e. The summed E-state index contributed by atoms with van der Waals surface area (Å²) in [5.41, 5.74) is 2.87. The number of rotatable bonds is 7. The molecule has 1 aliphatic heterocycles. The van der Waals surface area contributed by atoms with Crippen molar-refractivity contribution in [2.75, 3.05) is 38.6 Å². The van der Waals surface area contributed by atoms with Crippen molar-refractivity contribution in [2.24, 2.45) is 5.92 Å². The molecule has 1 aliphatic carbocycles. The SMILES string of the molecule is CN(C)c1ccc(C(=O)N2CCC[C@@H](c3nc(CCNC(=O)C4CC4)cs3)C2)cc1. The summed E-state index contributed by atoms with van der Waals surface area (Å²) >= 11 is 1.68. The third-order valence-corrected chi connectivity index (χ3v) is 6.94. The van der Waals surface area contributed by atoms with Crippen molar-refractivity contribution in [3.05, 3.63) is 45.9 Å². The van der Waals surface area contributed by atoms with E-state index in [1.165, 1.54) is 0 Å². The van der Waals surface area contributed by atoms with Gasteiger partial charge in [-0.25, -0.2) is 4.98 Å². The molecule has 1 atom stereocenters. The van der Waals surface area contributed by atoms with Gasteiger partial charge in [0.25, 0.3) is 5.91 Å². The number of hydrogen-bond acceptors (Lipinski definition) is 5. The van der Waals surface area contributed by atoms with Gasteiger partial charge in [-0.05, 0) is 49.9 Å². The second-order valence-electron chi connectivity index (χ2n) is 8.52. The molecule has 1 saturated heterocycles. The molecule has 0 unspecified atom stereocenters. The summed E-state index contributed by atoms with van der Waals surface area (Å²) in [6.07, 6.45) is 4.89. The molecule has 2 aliphatic rings. The first-order valence-corrected chi connectivity index (χ1v) is 11.7. The lowest BCUT2D eigenvalue weighted by atomic mass is 9.98. The number of anilines is 1. The molecule has 2 amide bonds. The van der Waals surface area contributed by atoms with Crippen LogP contribution in [0.15, 0.2) is 29.6 Å². The van der Waals surface area contributed by atoms with Crippen LogP contribution in [-0.2, 0) is 11.2 Å². The summed E-state index contributed by atoms with van der Waals surface area (Å²) in [5, 5.41) is 6.21. The monoisotopic (exact) mass is 426 g/mol. The molecule has 1 N–H and O–H groups in total. The number of nitrogens with one attached hydrogen (secondary N) is 1. The average molecular weight is 427 g/mol. The Kier molecular flexibility index (Phi) is 6.37. The fourth-order valence-electron chi connectivity index (χ4n) is 3.88. The highest BCUT2D eigenvalue weighted by atomic mass is 32.1. The number of thiazole rings is 1. The molecule has 1 saturated carbocycles. The minimum Gasteiger partial charge on any atom is -0.378 e. The van der Waals surface area contributed by atoms with E-state index in [-0.39, 0.29) is 17.7 Å². The molecule has 2 aromatic rings. The van der Waals surface area contributed by atoms with Crippen LogP contribution >= 0.6 is 11.3 Å². The van der Waals surface area contributed by atoms with Gasteiger partial charge >= 0.3 is 0 Å². The van der Waals surface area contributed by atoms with E-state index in [9.17, 15) is 9.59 Å². The molecule has 30 heavy (non-hydrogen) atoms. The van der Waals surface area contributed by atoms with E-state index in [1.807, 2.05) is 48.2 Å². The molecule has 1 aromatic heterocycles. The van der Waals surface area contributed by atoms with Crippen LogP contribution in [0.2, 0.25) is 0 Å². The molecular formula is C23H30N4O2S. The lowest BCUT2D eigenvalue weighted by molar-refractivity contribution is -0.122. The number of hydrogen-bond donors (Lipinski definition) is 1. The largest absolute Gasteiger partial charge is 0.378 e. The minimum absolute atomic E-state index is 0.101. The maximum atomic E-state index is 13.0. The van der Waals surface area contributed by atoms with Crippen LogP contribution in [0, 0.1) is 5.92 Å². The zero-order valence-electron chi connectivity index (χ0n) is 17.8. The molecule has 4 rings (SSSR count). The molecule has 7 heteroatoms. The molecule has 0 spiro atoms. The van der Waals surface area contributed by atoms with Crippen LogP contribution in [0.25, 0.3) is 0 Å². The minimum atomic E-state index is 0.101. The van der Waals surface area contributed by atoms with Crippen molar-refractivity contribution in [2.45, 2.75) is 38.0 Å². The Morgan fingerprint density at radius 2 is 1.97 bits per heavy atom. The molecule has 0 bridgehead atoms. The van der Waals surface area contributed by atoms with Crippen LogP contribution in [0.4, 0.5) is 5.69 Å². The van der Waals surface area contributed by atoms with Crippen LogP contribution < -0.4 is 10.2 Å². The predicted molar refractivity (Wildman–Crippen MR) is 120 cm³/mol. The number of nitrogens with zero attached hydrogens (tertiary/aromatic N) is 3. The summed E-state index contributed by atoms with van der Waals surface area (Å²) in [4.78, 5) is 33.5. The van der Waals surface area contributed by atoms with Crippen LogP contribution in [0.1, 0.15) is 52.7 Å². The van der Waals surface area contributed by atoms with Crippen molar-refractivity contribution in [3.8, 4) is 0 Å². The van der Waals surface area contributed by atoms with Gasteiger partial charge in [0, 0.05) is 68.6 Å². The van der Waals surface area contributed by atoms with Crippen molar-refractivity contribution in [3.63, 3.8) is 0 Å². The lowest BCUT2D eigenvalue weighted by Gasteiger charge is -2.32. The Balaban J connectivity index is 1.32. The standard InChI is InChI=1S/C23H30N4O2S/c1-26(2)20-9-7-17(8-10-20)23(29)27-13-3-4-18(14-27)22-25-19(15-30-22)11-12-24-21(28)16-5-6-16/h7-10,15-16,18H,3-6,11-14H2,1-2H3,(H,24,28)/t18-/m1/s1. The highest BCUT2D eigenvalue weighted by Crippen LogP contribution is 2.31. The molecule has 2 heterocycles. The van der Waals surface area contributed by atoms with E-state index in [2.05, 4.69) is 10.7 Å². The van der Waals surface area contributed by atoms with Crippen molar-refractivity contribution >= 4 is 28.8 Å². The number of benzene rings is 1. The Morgan fingerprint density at radius 1 is 1.20 bits per heavy atom. The van der Waals surface area contributed by atoms with Gasteiger partial charge in [-0.2, -0.15) is 0 Å². The summed E-state index contributed by atoms with van der Waals surface area (Å²) < 4.78 is 0. The third kappa shape index (κ3) is 5.01. The van der Waals surface area contributed by atoms with Gasteiger partial charge in [-0.1, -0.05) is 0 Å². The van der Waals surface area contributed by atoms with Gasteiger partial charge < -0.3 is 15.1 Å². The second-order valence-corrected chi connectivity index (χ2v) is 9.41. The first kappa shape index (κ1) is 20.8. The quantitative estimate of drug-likeness (QED) is 0.738. The zero-order chi connectivity index (χ0) is 21.1. The fourth-order valence-corrected chi connectivity index (χ4v) is 4.86. The number of piperidine rings is 1. The number of likely N-dealkylation sites (tertiary alicyclic amines) is 1. The highest BCUT2D eigenvalue weighted by molar-refractivity contribution is 7.09. The topological polar surface area (TPSA) is 65.5 Å². The number of carbonyl (C=O) groups is 2. The Morgan fingerprint density at radius 3 is 2.67 bits per heavy atom. The molecule has 0 radical (unpaired) electrons. The first-order chi connectivity index (χ1) is 14.5. The van der Waals surface area contributed by atoms with Gasteiger partial charge in [0.2, 0.25) is 5.91 Å². The van der Waals surface area contributed by atoms with E-state index < -0.39 is 0 Å². The summed E-state index contributed by atoms with van der Waals surface area (Å²) in [6, 6.07) is 7.81. The Labute approximate surface area is 182 Å². The summed E-state index contributed by atoms with van der Waals surface area (Å²) in [5.74, 6) is 0.833. The molecule has 2 fully saturated rings. The van der Waals surface area contributed by atoms with E-state index in [0.29, 0.717) is 12.5 Å². The molecular weight excluding hydrogens is 396 g/mol. The average Bonchev–Trinajstić information content (AvgIpc) is 3.52. The van der Waals surface area contributed by atoms with Crippen LogP contribution in [0.5, 0.6) is 0 Å². The number of aromatic nitrogens is 1. The second kappa shape index (κ2) is 9.16. The fraction of sp³-hybridized carbons (Fsp3) is 0.522. The van der Waals surface area contributed by atoms with E-state index >= 15 is 0 Å². The summed E-state index contributed by atoms with van der Waals surface area (Å²) in [7, 11) is 3.99. The predicted octanol–water partition coefficient (Wildman–Crippen LogP) is 3.30. The van der Waals surface area contributed by atoms with E-state index in [4.69, 9.17) is 4.98 Å². The summed E-state index contributed by atoms with van der Waals surface area (Å²) in [6.45, 7) is 2.17. The lowest BCUT2D eigenvalue weighted by Crippen LogP contribution is -2.39. The number of carbonyl (C=O) groups excluding carboxylic acids is 2. The highest BCUT2D eigenvalue weighted by Gasteiger charge is 2.29. The van der Waals surface area contributed by atoms with E-state index in [0.717, 1.165) is 67.1 Å². The van der Waals surface area contributed by atoms with Crippen molar-refractivity contribution in [1.82, 2.24) is 15.2 Å². The van der Waals surface area contributed by atoms with Gasteiger partial charge in [-0.3, -0.25) is 9.59 Å². The normalized spacial score (nSPS) is 18.9. The van der Waals surface area contributed by atoms with Crippen LogP contribution in [-0.4, -0.2) is 55.4 Å². The first-order valence-electron chi connectivity index (χ1n) is 10.8. The van der Waals surface area contributed by atoms with Crippen molar-refractivity contribution in [1.29, 1.82) is 0 Å². The van der Waals surface area contributed by atoms with Gasteiger partial charge in [0.1, 0.15) is 0 Å². The van der Waals surface area contributed by atoms with Gasteiger partial charge in [-0.15, -0.1) is 11.3 Å². The van der Waals surface area contributed by atoms with Gasteiger partial charge in [0.05, 0.1) is 10.7 Å². The molecule has 1 aromatic carbocycles. The maximum absolute atomic E-state index is 13.0. The van der Waals surface area contributed by atoms with Crippen LogP contribution in [0.3, 0.4) is 0 Å².